The molecule has 1 rings (SSSR count). The Morgan fingerprint density at radius 3 is 2.31 bits per heavy atom. The van der Waals surface area contributed by atoms with Crippen molar-refractivity contribution >= 4 is 0 Å². The highest BCUT2D eigenvalue weighted by molar-refractivity contribution is 5.00. The minimum Gasteiger partial charge on any atom is -0.198 e. The van der Waals surface area contributed by atoms with E-state index in [0.717, 1.165) is 25.2 Å². The van der Waals surface area contributed by atoms with Gasteiger partial charge in [0.1, 0.15) is 0 Å². The summed E-state index contributed by atoms with van der Waals surface area (Å²) in [5, 5.41) is 9.20. The summed E-state index contributed by atoms with van der Waals surface area (Å²) in [5.74, 6) is 0.743. The molecule has 0 N–H and O–H groups in total. The predicted octanol–water partition coefficient (Wildman–Crippen LogP) is 3.90. The summed E-state index contributed by atoms with van der Waals surface area (Å²) in [6.45, 7) is 4.49. The van der Waals surface area contributed by atoms with Crippen molar-refractivity contribution < 1.29 is 0 Å². The summed E-state index contributed by atoms with van der Waals surface area (Å²) in [6, 6.07) is 2.57. The molecule has 0 saturated heterocycles. The molecule has 0 amide bonds. The zero-order valence-corrected chi connectivity index (χ0v) is 8.97. The van der Waals surface area contributed by atoms with Gasteiger partial charge in [-0.2, -0.15) is 5.26 Å². The monoisotopic (exact) mass is 179 g/mol. The third kappa shape index (κ3) is 3.03. The van der Waals surface area contributed by atoms with Crippen LogP contribution in [-0.2, 0) is 0 Å². The van der Waals surface area contributed by atoms with Crippen LogP contribution in [0, 0.1) is 22.7 Å². The van der Waals surface area contributed by atoms with Gasteiger partial charge in [0, 0.05) is 0 Å². The van der Waals surface area contributed by atoms with Crippen LogP contribution in [-0.4, -0.2) is 0 Å². The van der Waals surface area contributed by atoms with Crippen LogP contribution in [0.1, 0.15) is 58.8 Å². The van der Waals surface area contributed by atoms with Crippen molar-refractivity contribution in [2.24, 2.45) is 11.3 Å². The van der Waals surface area contributed by atoms with Gasteiger partial charge in [-0.25, -0.2) is 0 Å². The molecule has 0 aromatic heterocycles. The van der Waals surface area contributed by atoms with Crippen molar-refractivity contribution in [1.29, 1.82) is 5.26 Å². The van der Waals surface area contributed by atoms with E-state index in [1.54, 1.807) is 0 Å². The first-order chi connectivity index (χ1) is 6.18. The van der Waals surface area contributed by atoms with E-state index in [4.69, 9.17) is 0 Å². The lowest BCUT2D eigenvalue weighted by atomic mass is 9.71. The number of hydrogen-bond donors (Lipinski definition) is 0. The van der Waals surface area contributed by atoms with E-state index < -0.39 is 0 Å². The fraction of sp³-hybridized carbons (Fsp3) is 0.917. The second-order valence-electron chi connectivity index (χ2n) is 4.89. The van der Waals surface area contributed by atoms with E-state index in [-0.39, 0.29) is 5.41 Å². The van der Waals surface area contributed by atoms with Crippen LogP contribution in [0.15, 0.2) is 0 Å². The molecule has 0 aromatic carbocycles. The topological polar surface area (TPSA) is 23.8 Å². The summed E-state index contributed by atoms with van der Waals surface area (Å²) < 4.78 is 0. The van der Waals surface area contributed by atoms with Gasteiger partial charge in [-0.3, -0.25) is 0 Å². The Morgan fingerprint density at radius 1 is 1.23 bits per heavy atom. The van der Waals surface area contributed by atoms with Crippen LogP contribution in [0.4, 0.5) is 0 Å². The first-order valence-electron chi connectivity index (χ1n) is 5.60. The van der Waals surface area contributed by atoms with Gasteiger partial charge in [-0.15, -0.1) is 0 Å². The highest BCUT2D eigenvalue weighted by Crippen LogP contribution is 2.40. The lowest BCUT2D eigenvalue weighted by Crippen LogP contribution is -2.22. The first-order valence-corrected chi connectivity index (χ1v) is 5.60. The SMILES string of the molecule is CC(C)CCC1(C#N)CCCCC1. The maximum absolute atomic E-state index is 9.20. The van der Waals surface area contributed by atoms with E-state index >= 15 is 0 Å². The predicted molar refractivity (Wildman–Crippen MR) is 55.2 cm³/mol. The highest BCUT2D eigenvalue weighted by Gasteiger charge is 2.31. The smallest absolute Gasteiger partial charge is 0.0689 e. The van der Waals surface area contributed by atoms with Gasteiger partial charge in [0.25, 0.3) is 0 Å². The van der Waals surface area contributed by atoms with E-state index in [0.29, 0.717) is 0 Å². The molecule has 1 aliphatic rings. The summed E-state index contributed by atoms with van der Waals surface area (Å²) in [7, 11) is 0. The van der Waals surface area contributed by atoms with Crippen LogP contribution in [0.3, 0.4) is 0 Å². The van der Waals surface area contributed by atoms with E-state index in [2.05, 4.69) is 19.9 Å². The van der Waals surface area contributed by atoms with Gasteiger partial charge < -0.3 is 0 Å². The fourth-order valence-corrected chi connectivity index (χ4v) is 2.21. The maximum atomic E-state index is 9.20. The minimum atomic E-state index is 0.0581. The number of nitrogens with zero attached hydrogens (tertiary/aromatic N) is 1. The Labute approximate surface area is 82.1 Å². The fourth-order valence-electron chi connectivity index (χ4n) is 2.21. The molecule has 1 fully saturated rings. The second-order valence-corrected chi connectivity index (χ2v) is 4.89. The Morgan fingerprint density at radius 2 is 1.85 bits per heavy atom. The third-order valence-electron chi connectivity index (χ3n) is 3.25. The van der Waals surface area contributed by atoms with Crippen LogP contribution in [0.2, 0.25) is 0 Å². The molecule has 0 aromatic rings. The molecule has 0 heterocycles. The van der Waals surface area contributed by atoms with Crippen LogP contribution < -0.4 is 0 Å². The van der Waals surface area contributed by atoms with Crippen LogP contribution in [0.5, 0.6) is 0 Å². The highest BCUT2D eigenvalue weighted by atomic mass is 14.4. The van der Waals surface area contributed by atoms with Crippen molar-refractivity contribution in [2.45, 2.75) is 58.8 Å². The van der Waals surface area contributed by atoms with Crippen molar-refractivity contribution in [3.8, 4) is 6.07 Å². The van der Waals surface area contributed by atoms with Crippen molar-refractivity contribution in [3.05, 3.63) is 0 Å². The zero-order valence-electron chi connectivity index (χ0n) is 8.97. The third-order valence-corrected chi connectivity index (χ3v) is 3.25. The van der Waals surface area contributed by atoms with Crippen molar-refractivity contribution in [2.75, 3.05) is 0 Å². The Balaban J connectivity index is 2.44. The molecule has 1 heteroatoms. The molecule has 1 aliphatic carbocycles. The lowest BCUT2D eigenvalue weighted by molar-refractivity contribution is 0.233. The molecule has 1 saturated carbocycles. The van der Waals surface area contributed by atoms with Crippen molar-refractivity contribution in [1.82, 2.24) is 0 Å². The molecule has 13 heavy (non-hydrogen) atoms. The van der Waals surface area contributed by atoms with Gasteiger partial charge in [0.2, 0.25) is 0 Å². The largest absolute Gasteiger partial charge is 0.198 e. The van der Waals surface area contributed by atoms with E-state index in [9.17, 15) is 5.26 Å². The Bertz CT molecular complexity index is 182. The summed E-state index contributed by atoms with van der Waals surface area (Å²) in [6.07, 6.45) is 8.52. The molecule has 0 unspecified atom stereocenters. The number of nitriles is 1. The Kier molecular flexibility index (Phi) is 3.78. The molecular formula is C12H21N. The van der Waals surface area contributed by atoms with Gasteiger partial charge in [-0.1, -0.05) is 33.1 Å². The standard InChI is InChI=1S/C12H21N/c1-11(2)6-9-12(10-13)7-4-3-5-8-12/h11H,3-9H2,1-2H3. The van der Waals surface area contributed by atoms with Gasteiger partial charge in [0.05, 0.1) is 11.5 Å². The molecule has 0 radical (unpaired) electrons. The van der Waals surface area contributed by atoms with Gasteiger partial charge in [-0.05, 0) is 31.6 Å². The zero-order chi connectivity index (χ0) is 9.73. The Hall–Kier alpha value is -0.510. The molecular weight excluding hydrogens is 158 g/mol. The lowest BCUT2D eigenvalue weighted by Gasteiger charge is -2.31. The summed E-state index contributed by atoms with van der Waals surface area (Å²) in [4.78, 5) is 0. The second kappa shape index (κ2) is 4.65. The summed E-state index contributed by atoms with van der Waals surface area (Å²) in [5.41, 5.74) is 0.0581. The first kappa shape index (κ1) is 10.6. The summed E-state index contributed by atoms with van der Waals surface area (Å²) >= 11 is 0. The van der Waals surface area contributed by atoms with Crippen LogP contribution >= 0.6 is 0 Å². The minimum absolute atomic E-state index is 0.0581. The van der Waals surface area contributed by atoms with Gasteiger partial charge >= 0.3 is 0 Å². The average molecular weight is 179 g/mol. The molecule has 0 spiro atoms. The molecule has 1 nitrogen and oxygen atoms in total. The normalized spacial score (nSPS) is 21.4. The molecule has 74 valence electrons. The average Bonchev–Trinajstić information content (AvgIpc) is 2.16. The number of rotatable bonds is 3. The molecule has 0 aliphatic heterocycles. The maximum Gasteiger partial charge on any atom is 0.0689 e. The van der Waals surface area contributed by atoms with Gasteiger partial charge in [0.15, 0.2) is 0 Å². The molecule has 0 atom stereocenters. The van der Waals surface area contributed by atoms with Crippen LogP contribution in [0.25, 0.3) is 0 Å². The van der Waals surface area contributed by atoms with E-state index in [1.807, 2.05) is 0 Å². The van der Waals surface area contributed by atoms with E-state index in [1.165, 1.54) is 25.7 Å². The van der Waals surface area contributed by atoms with Crippen molar-refractivity contribution in [3.63, 3.8) is 0 Å². The quantitative estimate of drug-likeness (QED) is 0.644. The number of hydrogen-bond acceptors (Lipinski definition) is 1. The molecule has 0 bridgehead atoms.